The fourth-order valence-corrected chi connectivity index (χ4v) is 1.85. The molecule has 96 valence electrons. The fourth-order valence-electron chi connectivity index (χ4n) is 1.85. The van der Waals surface area contributed by atoms with Crippen molar-refractivity contribution < 1.29 is 13.9 Å². The van der Waals surface area contributed by atoms with Gasteiger partial charge < -0.3 is 15.4 Å². The first-order chi connectivity index (χ1) is 8.52. The molecule has 1 aromatic rings. The first kappa shape index (κ1) is 12.4. The Morgan fingerprint density at radius 1 is 1.50 bits per heavy atom. The monoisotopic (exact) mass is 250 g/mol. The molecular formula is C13H15FN2O2. The van der Waals surface area contributed by atoms with E-state index in [0.29, 0.717) is 35.9 Å². The van der Waals surface area contributed by atoms with Crippen molar-refractivity contribution in [2.24, 2.45) is 5.92 Å². The van der Waals surface area contributed by atoms with Crippen LogP contribution < -0.4 is 15.4 Å². The summed E-state index contributed by atoms with van der Waals surface area (Å²) < 4.78 is 18.6. The van der Waals surface area contributed by atoms with Crippen molar-refractivity contribution in [3.63, 3.8) is 0 Å². The van der Waals surface area contributed by atoms with Gasteiger partial charge >= 0.3 is 0 Å². The van der Waals surface area contributed by atoms with Crippen LogP contribution in [0.1, 0.15) is 13.8 Å². The van der Waals surface area contributed by atoms with Crippen LogP contribution in [0.4, 0.5) is 15.8 Å². The van der Waals surface area contributed by atoms with E-state index in [-0.39, 0.29) is 5.69 Å². The molecule has 1 heterocycles. The number of carbonyl (C=O) groups is 1. The van der Waals surface area contributed by atoms with Crippen LogP contribution in [0.25, 0.3) is 0 Å². The van der Waals surface area contributed by atoms with Crippen molar-refractivity contribution in [3.05, 3.63) is 29.9 Å². The average molecular weight is 250 g/mol. The van der Waals surface area contributed by atoms with Crippen molar-refractivity contribution in [1.29, 1.82) is 0 Å². The summed E-state index contributed by atoms with van der Waals surface area (Å²) in [6.07, 6.45) is 2.04. The van der Waals surface area contributed by atoms with E-state index in [0.717, 1.165) is 0 Å². The number of nitrogen functional groups attached to an aromatic ring is 1. The number of fused-ring (bicyclic) bond motifs is 1. The summed E-state index contributed by atoms with van der Waals surface area (Å²) in [6, 6.07) is 2.72. The molecule has 5 heteroatoms. The minimum Gasteiger partial charge on any atom is -0.460 e. The maximum atomic E-state index is 13.4. The number of carbonyl (C=O) groups excluding carboxylic acids is 1. The van der Waals surface area contributed by atoms with Gasteiger partial charge in [0.1, 0.15) is 17.8 Å². The van der Waals surface area contributed by atoms with Crippen LogP contribution in [-0.2, 0) is 4.79 Å². The summed E-state index contributed by atoms with van der Waals surface area (Å²) in [6.45, 7) is 4.70. The van der Waals surface area contributed by atoms with Crippen LogP contribution in [0.5, 0.6) is 5.75 Å². The maximum absolute atomic E-state index is 13.4. The van der Waals surface area contributed by atoms with Gasteiger partial charge in [0.2, 0.25) is 0 Å². The van der Waals surface area contributed by atoms with Crippen LogP contribution in [0.15, 0.2) is 24.1 Å². The van der Waals surface area contributed by atoms with Crippen molar-refractivity contribution >= 4 is 17.7 Å². The molecule has 2 rings (SSSR count). The Balaban J connectivity index is 2.47. The quantitative estimate of drug-likeness (QED) is 0.660. The predicted octanol–water partition coefficient (Wildman–Crippen LogP) is 2.30. The highest BCUT2D eigenvalue weighted by molar-refractivity contribution is 5.84. The van der Waals surface area contributed by atoms with E-state index >= 15 is 0 Å². The first-order valence-electron chi connectivity index (χ1n) is 5.71. The van der Waals surface area contributed by atoms with Crippen molar-refractivity contribution in [2.75, 3.05) is 17.2 Å². The summed E-state index contributed by atoms with van der Waals surface area (Å²) in [5.74, 6) is 0.180. The second kappa shape index (κ2) is 4.68. The zero-order valence-corrected chi connectivity index (χ0v) is 10.3. The molecule has 1 aromatic carbocycles. The molecule has 0 spiro atoms. The average Bonchev–Trinajstić information content (AvgIpc) is 2.31. The van der Waals surface area contributed by atoms with Gasteiger partial charge in [-0.15, -0.1) is 0 Å². The Morgan fingerprint density at radius 3 is 2.83 bits per heavy atom. The molecule has 1 aliphatic heterocycles. The van der Waals surface area contributed by atoms with Gasteiger partial charge in [0.25, 0.3) is 0 Å². The Labute approximate surface area is 105 Å². The van der Waals surface area contributed by atoms with Crippen LogP contribution in [0.2, 0.25) is 0 Å². The molecule has 0 fully saturated rings. The first-order valence-corrected chi connectivity index (χ1v) is 5.71. The van der Waals surface area contributed by atoms with E-state index in [1.165, 1.54) is 18.4 Å². The fraction of sp³-hybridized carbons (Fsp3) is 0.308. The molecule has 0 unspecified atom stereocenters. The molecule has 0 saturated heterocycles. The van der Waals surface area contributed by atoms with E-state index in [1.807, 2.05) is 13.8 Å². The molecule has 0 radical (unpaired) electrons. The predicted molar refractivity (Wildman–Crippen MR) is 67.8 cm³/mol. The van der Waals surface area contributed by atoms with E-state index in [4.69, 9.17) is 10.5 Å². The number of nitrogens with zero attached hydrogens (tertiary/aromatic N) is 1. The summed E-state index contributed by atoms with van der Waals surface area (Å²) in [5.41, 5.74) is 6.62. The maximum Gasteiger partial charge on any atom is 0.169 e. The molecule has 0 amide bonds. The third kappa shape index (κ3) is 2.16. The van der Waals surface area contributed by atoms with Gasteiger partial charge in [0.15, 0.2) is 12.0 Å². The van der Waals surface area contributed by atoms with Gasteiger partial charge in [0.05, 0.1) is 11.4 Å². The lowest BCUT2D eigenvalue weighted by atomic mass is 10.1. The molecule has 0 aromatic heterocycles. The SMILES string of the molecule is CC(C)CN1C(C=O)=COc2cc(F)c(N)cc21. The zero-order chi connectivity index (χ0) is 13.3. The van der Waals surface area contributed by atoms with Gasteiger partial charge in [-0.25, -0.2) is 4.39 Å². The van der Waals surface area contributed by atoms with Crippen LogP contribution in [-0.4, -0.2) is 12.8 Å². The highest BCUT2D eigenvalue weighted by atomic mass is 19.1. The Morgan fingerprint density at radius 2 is 2.22 bits per heavy atom. The number of ether oxygens (including phenoxy) is 1. The Kier molecular flexibility index (Phi) is 3.23. The lowest BCUT2D eigenvalue weighted by Gasteiger charge is -2.31. The highest BCUT2D eigenvalue weighted by Gasteiger charge is 2.23. The molecule has 4 nitrogen and oxygen atoms in total. The van der Waals surface area contributed by atoms with Crippen molar-refractivity contribution in [1.82, 2.24) is 0 Å². The molecule has 0 aliphatic carbocycles. The number of nitrogens with two attached hydrogens (primary N) is 1. The summed E-state index contributed by atoms with van der Waals surface area (Å²) >= 11 is 0. The molecule has 0 saturated carbocycles. The largest absolute Gasteiger partial charge is 0.460 e. The number of rotatable bonds is 3. The topological polar surface area (TPSA) is 55.6 Å². The Hall–Kier alpha value is -2.04. The third-order valence-corrected chi connectivity index (χ3v) is 2.66. The van der Waals surface area contributed by atoms with E-state index in [1.54, 1.807) is 4.90 Å². The van der Waals surface area contributed by atoms with Crippen LogP contribution in [0, 0.1) is 11.7 Å². The summed E-state index contributed by atoms with van der Waals surface area (Å²) in [7, 11) is 0. The number of allylic oxidation sites excluding steroid dienone is 1. The molecular weight excluding hydrogens is 235 g/mol. The number of hydrogen-bond acceptors (Lipinski definition) is 4. The highest BCUT2D eigenvalue weighted by Crippen LogP contribution is 2.37. The van der Waals surface area contributed by atoms with E-state index < -0.39 is 5.82 Å². The number of halogens is 1. The number of benzene rings is 1. The molecule has 2 N–H and O–H groups in total. The standard InChI is InChI=1S/C13H15FN2O2/c1-8(2)5-16-9(6-17)7-18-13-3-10(14)11(15)4-12(13)16/h3-4,6-8H,5,15H2,1-2H3. The Bertz CT molecular complexity index is 512. The lowest BCUT2D eigenvalue weighted by molar-refractivity contribution is -0.105. The van der Waals surface area contributed by atoms with Crippen LogP contribution in [0.3, 0.4) is 0 Å². The van der Waals surface area contributed by atoms with Gasteiger partial charge in [-0.2, -0.15) is 0 Å². The second-order valence-electron chi connectivity index (χ2n) is 4.62. The van der Waals surface area contributed by atoms with Crippen molar-refractivity contribution in [2.45, 2.75) is 13.8 Å². The van der Waals surface area contributed by atoms with Crippen molar-refractivity contribution in [3.8, 4) is 5.75 Å². The van der Waals surface area contributed by atoms with Gasteiger partial charge in [-0.05, 0) is 12.0 Å². The van der Waals surface area contributed by atoms with E-state index in [2.05, 4.69) is 0 Å². The second-order valence-corrected chi connectivity index (χ2v) is 4.62. The van der Waals surface area contributed by atoms with E-state index in [9.17, 15) is 9.18 Å². The lowest BCUT2D eigenvalue weighted by Crippen LogP contribution is -2.30. The van der Waals surface area contributed by atoms with Gasteiger partial charge in [-0.3, -0.25) is 4.79 Å². The molecule has 0 bridgehead atoms. The number of hydrogen-bond donors (Lipinski definition) is 1. The van der Waals surface area contributed by atoms with Crippen LogP contribution >= 0.6 is 0 Å². The minimum atomic E-state index is -0.527. The number of aldehydes is 1. The normalized spacial score (nSPS) is 14.0. The van der Waals surface area contributed by atoms with Gasteiger partial charge in [0, 0.05) is 12.6 Å². The zero-order valence-electron chi connectivity index (χ0n) is 10.3. The molecule has 0 atom stereocenters. The number of anilines is 2. The minimum absolute atomic E-state index is 0.0401. The molecule has 18 heavy (non-hydrogen) atoms. The smallest absolute Gasteiger partial charge is 0.169 e. The van der Waals surface area contributed by atoms with Gasteiger partial charge in [-0.1, -0.05) is 13.8 Å². The summed E-state index contributed by atoms with van der Waals surface area (Å²) in [5, 5.41) is 0. The molecule has 1 aliphatic rings. The third-order valence-electron chi connectivity index (χ3n) is 2.66. The summed E-state index contributed by atoms with van der Waals surface area (Å²) in [4.78, 5) is 12.8.